The Balaban J connectivity index is 1.68. The highest BCUT2D eigenvalue weighted by atomic mass is 35.5. The lowest BCUT2D eigenvalue weighted by Gasteiger charge is -2.06. The molecular weight excluding hydrogens is 400 g/mol. The molecule has 0 heterocycles. The first-order valence-electron chi connectivity index (χ1n) is 9.02. The average molecular weight is 417 g/mol. The molecule has 30 heavy (non-hydrogen) atoms. The number of hydrogen-bond acceptors (Lipinski definition) is 4. The highest BCUT2D eigenvalue weighted by Crippen LogP contribution is 2.18. The topological polar surface area (TPSA) is 79.2 Å². The average Bonchev–Trinajstić information content (AvgIpc) is 2.73. The normalized spacial score (nSPS) is 10.8. The van der Waals surface area contributed by atoms with Gasteiger partial charge in [-0.05, 0) is 61.0 Å². The lowest BCUT2D eigenvalue weighted by atomic mass is 10.1. The van der Waals surface area contributed by atoms with E-state index in [0.29, 0.717) is 27.6 Å². The molecule has 0 aliphatic rings. The van der Waals surface area contributed by atoms with Crippen molar-refractivity contribution in [1.29, 1.82) is 5.26 Å². The van der Waals surface area contributed by atoms with E-state index in [0.717, 1.165) is 5.56 Å². The van der Waals surface area contributed by atoms with Crippen LogP contribution in [0, 0.1) is 18.3 Å². The molecule has 0 spiro atoms. The molecule has 0 saturated heterocycles. The SMILES string of the molecule is Cc1ccc(C(=O)Oc2ccc(C=C(C#N)C(=O)Nc3cccc(Cl)c3)cc2)cc1. The van der Waals surface area contributed by atoms with Crippen LogP contribution in [-0.2, 0) is 4.79 Å². The first-order chi connectivity index (χ1) is 14.4. The maximum Gasteiger partial charge on any atom is 0.343 e. The van der Waals surface area contributed by atoms with Crippen molar-refractivity contribution in [2.45, 2.75) is 6.92 Å². The fourth-order valence-electron chi connectivity index (χ4n) is 2.57. The maximum atomic E-state index is 12.3. The molecule has 0 atom stereocenters. The second-order valence-corrected chi connectivity index (χ2v) is 6.90. The van der Waals surface area contributed by atoms with Crippen LogP contribution in [0.1, 0.15) is 21.5 Å². The molecule has 6 heteroatoms. The standard InChI is InChI=1S/C24H17ClN2O3/c1-16-5-9-18(10-6-16)24(29)30-22-11-7-17(8-12-22)13-19(15-26)23(28)27-21-4-2-3-20(25)14-21/h2-14H,1H3,(H,27,28). The number of nitrogens with zero attached hydrogens (tertiary/aromatic N) is 1. The van der Waals surface area contributed by atoms with Crippen molar-refractivity contribution in [2.24, 2.45) is 0 Å². The van der Waals surface area contributed by atoms with E-state index in [1.807, 2.05) is 25.1 Å². The van der Waals surface area contributed by atoms with Gasteiger partial charge in [-0.3, -0.25) is 4.79 Å². The van der Waals surface area contributed by atoms with E-state index in [1.54, 1.807) is 60.7 Å². The van der Waals surface area contributed by atoms with Gasteiger partial charge in [-0.15, -0.1) is 0 Å². The van der Waals surface area contributed by atoms with Crippen LogP contribution in [0.5, 0.6) is 5.75 Å². The quantitative estimate of drug-likeness (QED) is 0.261. The number of nitrogens with one attached hydrogen (secondary N) is 1. The number of amides is 1. The van der Waals surface area contributed by atoms with Gasteiger partial charge in [-0.2, -0.15) is 5.26 Å². The minimum Gasteiger partial charge on any atom is -0.423 e. The number of aryl methyl sites for hydroxylation is 1. The Bertz CT molecular complexity index is 1140. The predicted molar refractivity (Wildman–Crippen MR) is 116 cm³/mol. The minimum absolute atomic E-state index is 0.0700. The van der Waals surface area contributed by atoms with Gasteiger partial charge in [0.15, 0.2) is 0 Å². The molecule has 3 aromatic rings. The van der Waals surface area contributed by atoms with Gasteiger partial charge in [0.25, 0.3) is 5.91 Å². The number of hydrogen-bond donors (Lipinski definition) is 1. The highest BCUT2D eigenvalue weighted by molar-refractivity contribution is 6.31. The fraction of sp³-hybridized carbons (Fsp3) is 0.0417. The van der Waals surface area contributed by atoms with Crippen molar-refractivity contribution in [3.8, 4) is 11.8 Å². The summed E-state index contributed by atoms with van der Waals surface area (Å²) in [6.07, 6.45) is 1.45. The summed E-state index contributed by atoms with van der Waals surface area (Å²) in [5.41, 5.74) is 2.54. The monoisotopic (exact) mass is 416 g/mol. The van der Waals surface area contributed by atoms with Gasteiger partial charge in [-0.25, -0.2) is 4.79 Å². The second kappa shape index (κ2) is 9.55. The number of rotatable bonds is 5. The number of anilines is 1. The van der Waals surface area contributed by atoms with Gasteiger partial charge in [0.2, 0.25) is 0 Å². The summed E-state index contributed by atoms with van der Waals surface area (Å²) in [4.78, 5) is 24.5. The Morgan fingerprint density at radius 1 is 1.03 bits per heavy atom. The van der Waals surface area contributed by atoms with Gasteiger partial charge in [-0.1, -0.05) is 47.5 Å². The summed E-state index contributed by atoms with van der Waals surface area (Å²) in [6, 6.07) is 22.1. The molecule has 1 amide bonds. The number of halogens is 1. The second-order valence-electron chi connectivity index (χ2n) is 6.46. The van der Waals surface area contributed by atoms with Crippen LogP contribution in [0.25, 0.3) is 6.08 Å². The van der Waals surface area contributed by atoms with E-state index in [2.05, 4.69) is 5.32 Å². The van der Waals surface area contributed by atoms with Crippen LogP contribution >= 0.6 is 11.6 Å². The first kappa shape index (κ1) is 20.8. The van der Waals surface area contributed by atoms with E-state index >= 15 is 0 Å². The van der Waals surface area contributed by atoms with Gasteiger partial charge in [0.05, 0.1) is 5.56 Å². The molecule has 0 fully saturated rings. The van der Waals surface area contributed by atoms with Gasteiger partial charge in [0, 0.05) is 10.7 Å². The smallest absolute Gasteiger partial charge is 0.343 e. The Hall–Kier alpha value is -3.88. The molecule has 0 unspecified atom stereocenters. The van der Waals surface area contributed by atoms with E-state index < -0.39 is 11.9 Å². The van der Waals surface area contributed by atoms with Crippen LogP contribution in [0.15, 0.2) is 78.4 Å². The van der Waals surface area contributed by atoms with E-state index in [9.17, 15) is 14.9 Å². The van der Waals surface area contributed by atoms with Crippen LogP contribution in [0.3, 0.4) is 0 Å². The number of ether oxygens (including phenoxy) is 1. The summed E-state index contributed by atoms with van der Waals surface area (Å²) < 4.78 is 5.35. The number of esters is 1. The predicted octanol–water partition coefficient (Wildman–Crippen LogP) is 5.41. The third kappa shape index (κ3) is 5.57. The summed E-state index contributed by atoms with van der Waals surface area (Å²) in [7, 11) is 0. The lowest BCUT2D eigenvalue weighted by molar-refractivity contribution is -0.112. The van der Waals surface area contributed by atoms with Crippen LogP contribution in [0.2, 0.25) is 5.02 Å². The van der Waals surface area contributed by atoms with E-state index in [4.69, 9.17) is 16.3 Å². The molecular formula is C24H17ClN2O3. The highest BCUT2D eigenvalue weighted by Gasteiger charge is 2.11. The molecule has 3 rings (SSSR count). The van der Waals surface area contributed by atoms with Gasteiger partial charge in [0.1, 0.15) is 17.4 Å². The number of carbonyl (C=O) groups excluding carboxylic acids is 2. The summed E-state index contributed by atoms with van der Waals surface area (Å²) >= 11 is 5.90. The van der Waals surface area contributed by atoms with Gasteiger partial charge >= 0.3 is 5.97 Å². The molecule has 3 aromatic carbocycles. The van der Waals surface area contributed by atoms with Crippen LogP contribution in [0.4, 0.5) is 5.69 Å². The Labute approximate surface area is 179 Å². The zero-order chi connectivity index (χ0) is 21.5. The summed E-state index contributed by atoms with van der Waals surface area (Å²) in [6.45, 7) is 1.94. The molecule has 0 bridgehead atoms. The third-order valence-corrected chi connectivity index (χ3v) is 4.37. The summed E-state index contributed by atoms with van der Waals surface area (Å²) in [5.74, 6) is -0.647. The Kier molecular flexibility index (Phi) is 6.63. The van der Waals surface area contributed by atoms with E-state index in [-0.39, 0.29) is 5.57 Å². The Morgan fingerprint density at radius 2 is 1.73 bits per heavy atom. The number of carbonyl (C=O) groups is 2. The summed E-state index contributed by atoms with van der Waals surface area (Å²) in [5, 5.41) is 12.4. The molecule has 0 saturated carbocycles. The van der Waals surface area contributed by atoms with Crippen molar-refractivity contribution in [3.05, 3.63) is 100 Å². The van der Waals surface area contributed by atoms with Crippen molar-refractivity contribution >= 4 is 35.2 Å². The third-order valence-electron chi connectivity index (χ3n) is 4.14. The number of nitriles is 1. The molecule has 0 aromatic heterocycles. The molecule has 0 aliphatic carbocycles. The molecule has 0 radical (unpaired) electrons. The van der Waals surface area contributed by atoms with Crippen molar-refractivity contribution in [2.75, 3.05) is 5.32 Å². The largest absolute Gasteiger partial charge is 0.423 e. The molecule has 0 aliphatic heterocycles. The van der Waals surface area contributed by atoms with Crippen LogP contribution in [-0.4, -0.2) is 11.9 Å². The lowest BCUT2D eigenvalue weighted by Crippen LogP contribution is -2.13. The molecule has 148 valence electrons. The maximum absolute atomic E-state index is 12.3. The van der Waals surface area contributed by atoms with Crippen LogP contribution < -0.4 is 10.1 Å². The van der Waals surface area contributed by atoms with Crippen molar-refractivity contribution in [3.63, 3.8) is 0 Å². The first-order valence-corrected chi connectivity index (χ1v) is 9.40. The number of benzene rings is 3. The van der Waals surface area contributed by atoms with Crippen molar-refractivity contribution < 1.29 is 14.3 Å². The molecule has 5 nitrogen and oxygen atoms in total. The Morgan fingerprint density at radius 3 is 2.37 bits per heavy atom. The zero-order valence-corrected chi connectivity index (χ0v) is 16.8. The fourth-order valence-corrected chi connectivity index (χ4v) is 2.76. The minimum atomic E-state index is -0.547. The zero-order valence-electron chi connectivity index (χ0n) is 16.1. The molecule has 1 N–H and O–H groups in total. The van der Waals surface area contributed by atoms with Gasteiger partial charge < -0.3 is 10.1 Å². The van der Waals surface area contributed by atoms with Crippen molar-refractivity contribution in [1.82, 2.24) is 0 Å². The van der Waals surface area contributed by atoms with E-state index in [1.165, 1.54) is 6.08 Å².